The maximum Gasteiger partial charge on any atom is 0.0124 e. The van der Waals surface area contributed by atoms with Gasteiger partial charge in [0, 0.05) is 12.1 Å². The van der Waals surface area contributed by atoms with E-state index in [2.05, 4.69) is 17.3 Å². The van der Waals surface area contributed by atoms with Gasteiger partial charge in [-0.1, -0.05) is 0 Å². The van der Waals surface area contributed by atoms with Gasteiger partial charge in [-0.25, -0.2) is 0 Å². The zero-order valence-electron chi connectivity index (χ0n) is 10.6. The first-order valence-electron chi connectivity index (χ1n) is 7.27. The second kappa shape index (κ2) is 4.66. The smallest absolute Gasteiger partial charge is 0.0124 e. The molecule has 3 fully saturated rings. The second-order valence-corrected chi connectivity index (χ2v) is 6.25. The van der Waals surface area contributed by atoms with Crippen LogP contribution in [0.1, 0.15) is 44.9 Å². The quantitative estimate of drug-likeness (QED) is 0.771. The summed E-state index contributed by atoms with van der Waals surface area (Å²) in [4.78, 5) is 2.70. The fraction of sp³-hybridized carbons (Fsp3) is 1.00. The fourth-order valence-corrected chi connectivity index (χ4v) is 4.38. The molecule has 3 saturated heterocycles. The van der Waals surface area contributed by atoms with Gasteiger partial charge in [0.1, 0.15) is 0 Å². The minimum Gasteiger partial charge on any atom is -0.316 e. The van der Waals surface area contributed by atoms with Crippen molar-refractivity contribution < 1.29 is 0 Å². The van der Waals surface area contributed by atoms with Crippen LogP contribution < -0.4 is 5.32 Å². The molecule has 16 heavy (non-hydrogen) atoms. The summed E-state index contributed by atoms with van der Waals surface area (Å²) in [5, 5.41) is 3.57. The first-order chi connectivity index (χ1) is 7.84. The van der Waals surface area contributed by atoms with E-state index in [0.29, 0.717) is 0 Å². The van der Waals surface area contributed by atoms with Crippen LogP contribution in [0.2, 0.25) is 0 Å². The maximum atomic E-state index is 3.57. The molecule has 3 rings (SSSR count). The van der Waals surface area contributed by atoms with Crippen LogP contribution in [0.25, 0.3) is 0 Å². The van der Waals surface area contributed by atoms with Gasteiger partial charge in [-0.3, -0.25) is 0 Å². The van der Waals surface area contributed by atoms with Gasteiger partial charge >= 0.3 is 0 Å². The summed E-state index contributed by atoms with van der Waals surface area (Å²) >= 11 is 0. The van der Waals surface area contributed by atoms with Gasteiger partial charge in [0.15, 0.2) is 0 Å². The number of hydrogen-bond donors (Lipinski definition) is 1. The lowest BCUT2D eigenvalue weighted by Crippen LogP contribution is -2.43. The zero-order chi connectivity index (χ0) is 11.0. The first kappa shape index (κ1) is 11.0. The van der Waals surface area contributed by atoms with Gasteiger partial charge < -0.3 is 10.2 Å². The van der Waals surface area contributed by atoms with Crippen molar-refractivity contribution in [2.24, 2.45) is 11.8 Å². The van der Waals surface area contributed by atoms with E-state index in [1.165, 1.54) is 58.0 Å². The van der Waals surface area contributed by atoms with E-state index in [4.69, 9.17) is 0 Å². The Hall–Kier alpha value is -0.0800. The molecular weight excluding hydrogens is 196 g/mol. The SMILES string of the molecule is CN1[C@H]2CC[C@H](C[C@H]3CCCNC3)[C@H]1CC2. The molecule has 0 unspecified atom stereocenters. The standard InChI is InChI=1S/C14H26N2/c1-16-13-5-4-12(14(16)7-6-13)9-11-3-2-8-15-10-11/h11-15H,2-10H2,1H3/t11-,12-,13+,14-/m1/s1. The Kier molecular flexibility index (Phi) is 3.21. The summed E-state index contributed by atoms with van der Waals surface area (Å²) in [6.07, 6.45) is 10.3. The summed E-state index contributed by atoms with van der Waals surface area (Å²) < 4.78 is 0. The van der Waals surface area contributed by atoms with E-state index in [0.717, 1.165) is 23.9 Å². The van der Waals surface area contributed by atoms with Crippen LogP contribution in [0.4, 0.5) is 0 Å². The van der Waals surface area contributed by atoms with Crippen molar-refractivity contribution in [3.63, 3.8) is 0 Å². The molecule has 0 spiro atoms. The molecule has 3 aliphatic heterocycles. The van der Waals surface area contributed by atoms with Crippen molar-refractivity contribution in [3.05, 3.63) is 0 Å². The summed E-state index contributed by atoms with van der Waals surface area (Å²) in [7, 11) is 2.37. The first-order valence-corrected chi connectivity index (χ1v) is 7.27. The lowest BCUT2D eigenvalue weighted by molar-refractivity contribution is 0.100. The highest BCUT2D eigenvalue weighted by molar-refractivity contribution is 4.95. The van der Waals surface area contributed by atoms with E-state index >= 15 is 0 Å². The van der Waals surface area contributed by atoms with Gasteiger partial charge in [0.25, 0.3) is 0 Å². The van der Waals surface area contributed by atoms with E-state index in [1.807, 2.05) is 0 Å². The minimum absolute atomic E-state index is 0.931. The van der Waals surface area contributed by atoms with Crippen molar-refractivity contribution in [1.29, 1.82) is 0 Å². The second-order valence-electron chi connectivity index (χ2n) is 6.25. The normalized spacial score (nSPS) is 44.8. The molecule has 0 aromatic rings. The van der Waals surface area contributed by atoms with Crippen LogP contribution in [0.5, 0.6) is 0 Å². The molecule has 0 aromatic heterocycles. The number of rotatable bonds is 2. The van der Waals surface area contributed by atoms with Crippen molar-refractivity contribution in [3.8, 4) is 0 Å². The van der Waals surface area contributed by atoms with E-state index < -0.39 is 0 Å². The number of nitrogens with zero attached hydrogens (tertiary/aromatic N) is 1. The third-order valence-electron chi connectivity index (χ3n) is 5.34. The molecule has 0 radical (unpaired) electrons. The van der Waals surface area contributed by atoms with Crippen LogP contribution in [-0.2, 0) is 0 Å². The Morgan fingerprint density at radius 3 is 2.81 bits per heavy atom. The zero-order valence-corrected chi connectivity index (χ0v) is 10.6. The molecule has 2 nitrogen and oxygen atoms in total. The Morgan fingerprint density at radius 1 is 1.12 bits per heavy atom. The molecule has 4 atom stereocenters. The number of piperidine rings is 2. The third kappa shape index (κ3) is 2.02. The predicted molar refractivity (Wildman–Crippen MR) is 67.5 cm³/mol. The Balaban J connectivity index is 1.57. The molecular formula is C14H26N2. The molecule has 3 aliphatic rings. The molecule has 3 heterocycles. The number of hydrogen-bond acceptors (Lipinski definition) is 2. The van der Waals surface area contributed by atoms with Crippen LogP contribution in [-0.4, -0.2) is 37.1 Å². The summed E-state index contributed by atoms with van der Waals surface area (Å²) in [6.45, 7) is 2.54. The minimum atomic E-state index is 0.931. The predicted octanol–water partition coefficient (Wildman–Crippen LogP) is 2.25. The van der Waals surface area contributed by atoms with E-state index in [9.17, 15) is 0 Å². The molecule has 2 bridgehead atoms. The van der Waals surface area contributed by atoms with Crippen LogP contribution >= 0.6 is 0 Å². The van der Waals surface area contributed by atoms with E-state index in [1.54, 1.807) is 0 Å². The topological polar surface area (TPSA) is 15.3 Å². The van der Waals surface area contributed by atoms with Gasteiger partial charge in [-0.05, 0) is 76.9 Å². The highest BCUT2D eigenvalue weighted by Crippen LogP contribution is 2.41. The molecule has 0 aliphatic carbocycles. The van der Waals surface area contributed by atoms with Crippen molar-refractivity contribution >= 4 is 0 Å². The molecule has 0 aromatic carbocycles. The average molecular weight is 222 g/mol. The Bertz CT molecular complexity index is 235. The summed E-state index contributed by atoms with van der Waals surface area (Å²) in [6, 6.07) is 1.87. The van der Waals surface area contributed by atoms with Gasteiger partial charge in [0.2, 0.25) is 0 Å². The van der Waals surface area contributed by atoms with Crippen molar-refractivity contribution in [2.75, 3.05) is 20.1 Å². The molecule has 92 valence electrons. The van der Waals surface area contributed by atoms with Gasteiger partial charge in [-0.2, -0.15) is 0 Å². The highest BCUT2D eigenvalue weighted by atomic mass is 15.2. The lowest BCUT2D eigenvalue weighted by Gasteiger charge is -2.39. The molecule has 1 N–H and O–H groups in total. The Morgan fingerprint density at radius 2 is 2.00 bits per heavy atom. The van der Waals surface area contributed by atoms with Gasteiger partial charge in [-0.15, -0.1) is 0 Å². The molecule has 0 saturated carbocycles. The third-order valence-corrected chi connectivity index (χ3v) is 5.34. The van der Waals surface area contributed by atoms with Crippen molar-refractivity contribution in [1.82, 2.24) is 10.2 Å². The maximum absolute atomic E-state index is 3.57. The number of nitrogens with one attached hydrogen (secondary N) is 1. The van der Waals surface area contributed by atoms with Crippen LogP contribution in [0, 0.1) is 11.8 Å². The molecule has 0 amide bonds. The van der Waals surface area contributed by atoms with Gasteiger partial charge in [0.05, 0.1) is 0 Å². The van der Waals surface area contributed by atoms with E-state index in [-0.39, 0.29) is 0 Å². The lowest BCUT2D eigenvalue weighted by atomic mass is 9.81. The average Bonchev–Trinajstić information content (AvgIpc) is 2.55. The monoisotopic (exact) mass is 222 g/mol. The van der Waals surface area contributed by atoms with Crippen LogP contribution in [0.15, 0.2) is 0 Å². The van der Waals surface area contributed by atoms with Crippen LogP contribution in [0.3, 0.4) is 0 Å². The molecule has 2 heteroatoms. The Labute approximate surface area is 99.8 Å². The number of fused-ring (bicyclic) bond motifs is 2. The fourth-order valence-electron chi connectivity index (χ4n) is 4.38. The van der Waals surface area contributed by atoms with Crippen molar-refractivity contribution in [2.45, 2.75) is 57.0 Å². The summed E-state index contributed by atoms with van der Waals surface area (Å²) in [5.41, 5.74) is 0. The highest BCUT2D eigenvalue weighted by Gasteiger charge is 2.40. The largest absolute Gasteiger partial charge is 0.316 e. The summed E-state index contributed by atoms with van der Waals surface area (Å²) in [5.74, 6) is 1.98.